The zero-order valence-electron chi connectivity index (χ0n) is 11.1. The number of rotatable bonds is 4. The van der Waals surface area contributed by atoms with Gasteiger partial charge < -0.3 is 15.7 Å². The van der Waals surface area contributed by atoms with Crippen LogP contribution in [0.4, 0.5) is 16.2 Å². The van der Waals surface area contributed by atoms with Gasteiger partial charge in [0.2, 0.25) is 0 Å². The van der Waals surface area contributed by atoms with E-state index in [4.69, 9.17) is 5.11 Å². The molecule has 2 amide bonds. The second-order valence-corrected chi connectivity index (χ2v) is 4.95. The fourth-order valence-electron chi connectivity index (χ4n) is 2.36. The lowest BCUT2D eigenvalue weighted by Crippen LogP contribution is -2.36. The summed E-state index contributed by atoms with van der Waals surface area (Å²) < 4.78 is 0. The Bertz CT molecular complexity index is 557. The van der Waals surface area contributed by atoms with Crippen molar-refractivity contribution in [2.45, 2.75) is 25.3 Å². The minimum Gasteiger partial charge on any atom is -0.481 e. The second kappa shape index (κ2) is 6.21. The summed E-state index contributed by atoms with van der Waals surface area (Å²) in [5.41, 5.74) is 0.381. The topological polar surface area (TPSA) is 122 Å². The number of nitro groups is 1. The highest BCUT2D eigenvalue weighted by atomic mass is 16.6. The lowest BCUT2D eigenvalue weighted by molar-refractivity contribution is -0.384. The normalized spacial score (nSPS) is 20.8. The van der Waals surface area contributed by atoms with Gasteiger partial charge in [-0.3, -0.25) is 14.9 Å². The summed E-state index contributed by atoms with van der Waals surface area (Å²) in [7, 11) is 0. The van der Waals surface area contributed by atoms with Gasteiger partial charge in [0.05, 0.1) is 10.8 Å². The standard InChI is InChI=1S/C13H15N3O5/c17-12(18)8-1-2-10(7-8)15-13(19)14-9-3-5-11(6-4-9)16(20)21/h3-6,8,10H,1-2,7H2,(H,17,18)(H2,14,15,19). The highest BCUT2D eigenvalue weighted by Crippen LogP contribution is 2.25. The third-order valence-corrected chi connectivity index (χ3v) is 3.45. The molecule has 0 saturated heterocycles. The SMILES string of the molecule is O=C(Nc1ccc([N+](=O)[O-])cc1)NC1CCC(C(=O)O)C1. The fraction of sp³-hybridized carbons (Fsp3) is 0.385. The monoisotopic (exact) mass is 293 g/mol. The molecule has 0 aliphatic heterocycles. The van der Waals surface area contributed by atoms with Crippen LogP contribution < -0.4 is 10.6 Å². The Labute approximate surface area is 120 Å². The molecule has 8 heteroatoms. The first kappa shape index (κ1) is 14.8. The Balaban J connectivity index is 1.85. The molecule has 0 bridgehead atoms. The average molecular weight is 293 g/mol. The van der Waals surface area contributed by atoms with Crippen molar-refractivity contribution in [3.63, 3.8) is 0 Å². The summed E-state index contributed by atoms with van der Waals surface area (Å²) in [6.45, 7) is 0. The number of hydrogen-bond donors (Lipinski definition) is 3. The van der Waals surface area contributed by atoms with E-state index in [-0.39, 0.29) is 11.7 Å². The average Bonchev–Trinajstić information content (AvgIpc) is 2.87. The van der Waals surface area contributed by atoms with Crippen molar-refractivity contribution in [1.82, 2.24) is 5.32 Å². The molecule has 2 unspecified atom stereocenters. The summed E-state index contributed by atoms with van der Waals surface area (Å²) in [6.07, 6.45) is 1.60. The molecule has 1 saturated carbocycles. The Morgan fingerprint density at radius 2 is 1.90 bits per heavy atom. The number of aliphatic carboxylic acids is 1. The van der Waals surface area contributed by atoms with E-state index in [1.54, 1.807) is 0 Å². The number of nitro benzene ring substituents is 1. The van der Waals surface area contributed by atoms with Crippen LogP contribution in [0.25, 0.3) is 0 Å². The number of urea groups is 1. The minimum absolute atomic E-state index is 0.0546. The zero-order valence-corrected chi connectivity index (χ0v) is 11.1. The van der Waals surface area contributed by atoms with Gasteiger partial charge in [0, 0.05) is 23.9 Å². The first-order valence-corrected chi connectivity index (χ1v) is 6.50. The summed E-state index contributed by atoms with van der Waals surface area (Å²) in [5.74, 6) is -1.25. The Morgan fingerprint density at radius 3 is 2.43 bits per heavy atom. The Hall–Kier alpha value is -2.64. The third-order valence-electron chi connectivity index (χ3n) is 3.45. The number of carboxylic acid groups (broad SMARTS) is 1. The molecule has 112 valence electrons. The maximum atomic E-state index is 11.8. The predicted octanol–water partition coefficient (Wildman–Crippen LogP) is 1.97. The van der Waals surface area contributed by atoms with Crippen LogP contribution in [-0.4, -0.2) is 28.1 Å². The van der Waals surface area contributed by atoms with Gasteiger partial charge in [0.1, 0.15) is 0 Å². The molecule has 2 rings (SSSR count). The van der Waals surface area contributed by atoms with Crippen LogP contribution in [0, 0.1) is 16.0 Å². The van der Waals surface area contributed by atoms with Gasteiger partial charge in [-0.2, -0.15) is 0 Å². The Kier molecular flexibility index (Phi) is 4.36. The zero-order chi connectivity index (χ0) is 15.4. The third kappa shape index (κ3) is 3.91. The molecule has 0 radical (unpaired) electrons. The fourth-order valence-corrected chi connectivity index (χ4v) is 2.36. The lowest BCUT2D eigenvalue weighted by atomic mass is 10.1. The molecule has 0 aromatic heterocycles. The Morgan fingerprint density at radius 1 is 1.24 bits per heavy atom. The first-order valence-electron chi connectivity index (χ1n) is 6.50. The van der Waals surface area contributed by atoms with Crippen LogP contribution in [0.1, 0.15) is 19.3 Å². The van der Waals surface area contributed by atoms with Crippen LogP contribution in [-0.2, 0) is 4.79 Å². The van der Waals surface area contributed by atoms with Gasteiger partial charge in [0.15, 0.2) is 0 Å². The number of carbonyl (C=O) groups is 2. The predicted molar refractivity (Wildman–Crippen MR) is 74.0 cm³/mol. The van der Waals surface area contributed by atoms with Crippen LogP contribution >= 0.6 is 0 Å². The largest absolute Gasteiger partial charge is 0.481 e. The van der Waals surface area contributed by atoms with Crippen molar-refractivity contribution < 1.29 is 19.6 Å². The maximum absolute atomic E-state index is 11.8. The van der Waals surface area contributed by atoms with Crippen molar-refractivity contribution in [2.75, 3.05) is 5.32 Å². The number of nitrogens with zero attached hydrogens (tertiary/aromatic N) is 1. The molecular weight excluding hydrogens is 278 g/mol. The molecule has 1 aromatic carbocycles. The van der Waals surface area contributed by atoms with E-state index in [9.17, 15) is 19.7 Å². The molecule has 0 spiro atoms. The highest BCUT2D eigenvalue weighted by molar-refractivity contribution is 5.89. The summed E-state index contributed by atoms with van der Waals surface area (Å²) in [6, 6.07) is 4.86. The van der Waals surface area contributed by atoms with Crippen molar-refractivity contribution in [3.05, 3.63) is 34.4 Å². The number of nitrogens with one attached hydrogen (secondary N) is 2. The van der Waals surface area contributed by atoms with E-state index >= 15 is 0 Å². The quantitative estimate of drug-likeness (QED) is 0.578. The van der Waals surface area contributed by atoms with E-state index in [0.29, 0.717) is 24.9 Å². The van der Waals surface area contributed by atoms with Gasteiger partial charge >= 0.3 is 12.0 Å². The number of anilines is 1. The molecule has 1 aliphatic rings. The highest BCUT2D eigenvalue weighted by Gasteiger charge is 2.30. The maximum Gasteiger partial charge on any atom is 0.319 e. The van der Waals surface area contributed by atoms with Gasteiger partial charge in [-0.25, -0.2) is 4.79 Å². The molecule has 0 heterocycles. The molecule has 3 N–H and O–H groups in total. The number of hydrogen-bond acceptors (Lipinski definition) is 4. The molecule has 2 atom stereocenters. The van der Waals surface area contributed by atoms with Crippen LogP contribution in [0.3, 0.4) is 0 Å². The van der Waals surface area contributed by atoms with Gasteiger partial charge in [0.25, 0.3) is 5.69 Å². The summed E-state index contributed by atoms with van der Waals surface area (Å²) >= 11 is 0. The molecule has 1 aliphatic carbocycles. The molecule has 8 nitrogen and oxygen atoms in total. The van der Waals surface area contributed by atoms with Gasteiger partial charge in [-0.15, -0.1) is 0 Å². The van der Waals surface area contributed by atoms with Crippen LogP contribution in [0.15, 0.2) is 24.3 Å². The molecule has 21 heavy (non-hydrogen) atoms. The summed E-state index contributed by atoms with van der Waals surface area (Å²) in [4.78, 5) is 32.6. The van der Waals surface area contributed by atoms with Crippen LogP contribution in [0.5, 0.6) is 0 Å². The van der Waals surface area contributed by atoms with Crippen molar-refractivity contribution in [1.29, 1.82) is 0 Å². The number of carbonyl (C=O) groups excluding carboxylic acids is 1. The number of non-ortho nitro benzene ring substituents is 1. The van der Waals surface area contributed by atoms with Crippen molar-refractivity contribution in [3.8, 4) is 0 Å². The lowest BCUT2D eigenvalue weighted by Gasteiger charge is -2.13. The molecule has 1 fully saturated rings. The molecular formula is C13H15N3O5. The van der Waals surface area contributed by atoms with E-state index in [2.05, 4.69) is 10.6 Å². The van der Waals surface area contributed by atoms with E-state index in [1.807, 2.05) is 0 Å². The second-order valence-electron chi connectivity index (χ2n) is 4.95. The van der Waals surface area contributed by atoms with E-state index < -0.39 is 22.8 Å². The van der Waals surface area contributed by atoms with Gasteiger partial charge in [-0.1, -0.05) is 0 Å². The summed E-state index contributed by atoms with van der Waals surface area (Å²) in [5, 5.41) is 24.7. The molecule has 1 aromatic rings. The van der Waals surface area contributed by atoms with Crippen molar-refractivity contribution >= 4 is 23.4 Å². The van der Waals surface area contributed by atoms with Gasteiger partial charge in [-0.05, 0) is 31.4 Å². The first-order chi connectivity index (χ1) is 9.95. The van der Waals surface area contributed by atoms with Crippen LogP contribution in [0.2, 0.25) is 0 Å². The van der Waals surface area contributed by atoms with Crippen molar-refractivity contribution in [2.24, 2.45) is 5.92 Å². The van der Waals surface area contributed by atoms with E-state index in [0.717, 1.165) is 0 Å². The smallest absolute Gasteiger partial charge is 0.319 e. The number of benzene rings is 1. The number of carboxylic acids is 1. The minimum atomic E-state index is -0.838. The number of amides is 2. The van der Waals surface area contributed by atoms with E-state index in [1.165, 1.54) is 24.3 Å².